The summed E-state index contributed by atoms with van der Waals surface area (Å²) in [6.45, 7) is 4.54. The van der Waals surface area contributed by atoms with E-state index in [9.17, 15) is 4.79 Å². The second-order valence-electron chi connectivity index (χ2n) is 6.89. The van der Waals surface area contributed by atoms with Crippen LogP contribution in [0.25, 0.3) is 10.9 Å². The molecule has 4 nitrogen and oxygen atoms in total. The molecule has 0 aliphatic heterocycles. The number of hydrogen-bond acceptors (Lipinski definition) is 3. The second kappa shape index (κ2) is 7.61. The summed E-state index contributed by atoms with van der Waals surface area (Å²) in [7, 11) is 0. The van der Waals surface area contributed by atoms with Crippen molar-refractivity contribution >= 4 is 16.6 Å². The number of aryl methyl sites for hydroxylation is 2. The molecular weight excluding hydrogens is 348 g/mol. The Bertz CT molecular complexity index is 1160. The molecule has 0 amide bonds. The molecule has 140 valence electrons. The molecule has 0 aliphatic rings. The second-order valence-corrected chi connectivity index (χ2v) is 6.89. The summed E-state index contributed by atoms with van der Waals surface area (Å²) in [6.07, 6.45) is 0. The molecule has 4 heteroatoms. The molecular formula is C24H22N2O2. The topological polar surface area (TPSA) is 54.1 Å². The van der Waals surface area contributed by atoms with Crippen molar-refractivity contribution in [3.8, 4) is 11.5 Å². The molecule has 3 aromatic carbocycles. The molecule has 0 radical (unpaired) electrons. The zero-order chi connectivity index (χ0) is 19.5. The molecule has 2 N–H and O–H groups in total. The van der Waals surface area contributed by atoms with Gasteiger partial charge in [-0.1, -0.05) is 30.3 Å². The summed E-state index contributed by atoms with van der Waals surface area (Å²) in [5, 5.41) is 4.36. The van der Waals surface area contributed by atoms with E-state index in [1.807, 2.05) is 80.6 Å². The number of anilines is 1. The molecule has 0 fully saturated rings. The van der Waals surface area contributed by atoms with Crippen LogP contribution in [0.15, 0.2) is 77.6 Å². The fourth-order valence-electron chi connectivity index (χ4n) is 3.16. The van der Waals surface area contributed by atoms with Gasteiger partial charge in [-0.05, 0) is 72.8 Å². The maximum atomic E-state index is 12.5. The summed E-state index contributed by atoms with van der Waals surface area (Å²) in [6, 6.07) is 23.5. The predicted molar refractivity (Wildman–Crippen MR) is 114 cm³/mol. The Morgan fingerprint density at radius 1 is 0.893 bits per heavy atom. The third kappa shape index (κ3) is 3.76. The van der Waals surface area contributed by atoms with Crippen molar-refractivity contribution < 1.29 is 4.74 Å². The first-order valence-corrected chi connectivity index (χ1v) is 9.29. The Morgan fingerprint density at radius 2 is 1.61 bits per heavy atom. The van der Waals surface area contributed by atoms with Gasteiger partial charge in [0, 0.05) is 17.8 Å². The van der Waals surface area contributed by atoms with Crippen LogP contribution >= 0.6 is 0 Å². The van der Waals surface area contributed by atoms with Crippen LogP contribution in [0.4, 0.5) is 5.69 Å². The maximum Gasteiger partial charge on any atom is 0.253 e. The van der Waals surface area contributed by atoms with Crippen molar-refractivity contribution in [1.82, 2.24) is 4.98 Å². The molecule has 0 atom stereocenters. The number of pyridine rings is 1. The zero-order valence-electron chi connectivity index (χ0n) is 16.0. The van der Waals surface area contributed by atoms with E-state index < -0.39 is 0 Å². The van der Waals surface area contributed by atoms with Crippen LogP contribution in [0.2, 0.25) is 0 Å². The third-order valence-corrected chi connectivity index (χ3v) is 4.94. The zero-order valence-corrected chi connectivity index (χ0v) is 16.0. The van der Waals surface area contributed by atoms with Gasteiger partial charge in [0.25, 0.3) is 5.56 Å². The van der Waals surface area contributed by atoms with Gasteiger partial charge in [0.05, 0.1) is 5.52 Å². The quantitative estimate of drug-likeness (QED) is 0.484. The first-order chi connectivity index (χ1) is 13.6. The van der Waals surface area contributed by atoms with Crippen LogP contribution in [-0.4, -0.2) is 4.98 Å². The monoisotopic (exact) mass is 370 g/mol. The largest absolute Gasteiger partial charge is 0.457 e. The number of rotatable bonds is 5. The lowest BCUT2D eigenvalue weighted by Crippen LogP contribution is -2.16. The number of aromatic amines is 1. The van der Waals surface area contributed by atoms with Crippen LogP contribution in [-0.2, 0) is 6.54 Å². The number of H-pyrrole nitrogens is 1. The van der Waals surface area contributed by atoms with E-state index in [2.05, 4.69) is 16.4 Å². The highest BCUT2D eigenvalue weighted by Crippen LogP contribution is 2.23. The minimum absolute atomic E-state index is 0.0577. The fourth-order valence-corrected chi connectivity index (χ4v) is 3.16. The van der Waals surface area contributed by atoms with Crippen LogP contribution in [0, 0.1) is 13.8 Å². The number of ether oxygens (including phenoxy) is 1. The molecule has 0 unspecified atom stereocenters. The summed E-state index contributed by atoms with van der Waals surface area (Å²) >= 11 is 0. The van der Waals surface area contributed by atoms with Gasteiger partial charge in [0.1, 0.15) is 11.5 Å². The van der Waals surface area contributed by atoms with E-state index in [0.717, 1.165) is 33.7 Å². The van der Waals surface area contributed by atoms with Gasteiger partial charge < -0.3 is 15.0 Å². The molecule has 4 aromatic rings. The van der Waals surface area contributed by atoms with Gasteiger partial charge in [-0.3, -0.25) is 4.79 Å². The standard InChI is InChI=1S/C24H22N2O2/c1-16-8-9-18-14-19(24(27)26-23(18)17(16)2)15-25-20-10-12-22(13-11-20)28-21-6-4-3-5-7-21/h3-14,25H,15H2,1-2H3,(H,26,27). The van der Waals surface area contributed by atoms with Gasteiger partial charge in [0.2, 0.25) is 0 Å². The Balaban J connectivity index is 1.48. The first-order valence-electron chi connectivity index (χ1n) is 9.29. The van der Waals surface area contributed by atoms with E-state index in [0.29, 0.717) is 12.1 Å². The average molecular weight is 370 g/mol. The molecule has 0 bridgehead atoms. The van der Waals surface area contributed by atoms with Gasteiger partial charge in [-0.15, -0.1) is 0 Å². The van der Waals surface area contributed by atoms with Crippen molar-refractivity contribution in [2.45, 2.75) is 20.4 Å². The minimum Gasteiger partial charge on any atom is -0.457 e. The van der Waals surface area contributed by atoms with E-state index >= 15 is 0 Å². The Hall–Kier alpha value is -3.53. The number of hydrogen-bond donors (Lipinski definition) is 2. The highest BCUT2D eigenvalue weighted by molar-refractivity contribution is 5.83. The van der Waals surface area contributed by atoms with Crippen LogP contribution < -0.4 is 15.6 Å². The number of fused-ring (bicyclic) bond motifs is 1. The van der Waals surface area contributed by atoms with Crippen molar-refractivity contribution in [2.75, 3.05) is 5.32 Å². The van der Waals surface area contributed by atoms with Crippen LogP contribution in [0.1, 0.15) is 16.7 Å². The summed E-state index contributed by atoms with van der Waals surface area (Å²) in [4.78, 5) is 15.5. The molecule has 0 saturated carbocycles. The number of nitrogens with one attached hydrogen (secondary N) is 2. The number of benzene rings is 3. The van der Waals surface area contributed by atoms with Crippen LogP contribution in [0.5, 0.6) is 11.5 Å². The molecule has 4 rings (SSSR count). The number of aromatic nitrogens is 1. The Labute approximate surface area is 163 Å². The first kappa shape index (κ1) is 17.9. The van der Waals surface area contributed by atoms with Crippen molar-refractivity contribution in [3.05, 3.63) is 99.8 Å². The molecule has 1 heterocycles. The lowest BCUT2D eigenvalue weighted by atomic mass is 10.0. The molecule has 0 spiro atoms. The normalized spacial score (nSPS) is 10.8. The van der Waals surface area contributed by atoms with E-state index in [-0.39, 0.29) is 5.56 Å². The van der Waals surface area contributed by atoms with Gasteiger partial charge >= 0.3 is 0 Å². The Morgan fingerprint density at radius 3 is 2.36 bits per heavy atom. The molecule has 0 aliphatic carbocycles. The molecule has 28 heavy (non-hydrogen) atoms. The van der Waals surface area contributed by atoms with Gasteiger partial charge in [0.15, 0.2) is 0 Å². The van der Waals surface area contributed by atoms with E-state index in [1.54, 1.807) is 0 Å². The highest BCUT2D eigenvalue weighted by Gasteiger charge is 2.06. The van der Waals surface area contributed by atoms with Crippen molar-refractivity contribution in [1.29, 1.82) is 0 Å². The van der Waals surface area contributed by atoms with Crippen molar-refractivity contribution in [3.63, 3.8) is 0 Å². The fraction of sp³-hybridized carbons (Fsp3) is 0.125. The lowest BCUT2D eigenvalue weighted by molar-refractivity contribution is 0.483. The maximum absolute atomic E-state index is 12.5. The third-order valence-electron chi connectivity index (χ3n) is 4.94. The van der Waals surface area contributed by atoms with E-state index in [1.165, 1.54) is 5.56 Å². The summed E-state index contributed by atoms with van der Waals surface area (Å²) < 4.78 is 5.80. The highest BCUT2D eigenvalue weighted by atomic mass is 16.5. The predicted octanol–water partition coefficient (Wildman–Crippen LogP) is 5.55. The van der Waals surface area contributed by atoms with Crippen LogP contribution in [0.3, 0.4) is 0 Å². The summed E-state index contributed by atoms with van der Waals surface area (Å²) in [5.41, 5.74) is 4.78. The lowest BCUT2D eigenvalue weighted by Gasteiger charge is -2.10. The summed E-state index contributed by atoms with van der Waals surface area (Å²) in [5.74, 6) is 1.57. The minimum atomic E-state index is -0.0577. The number of para-hydroxylation sites is 1. The van der Waals surface area contributed by atoms with Gasteiger partial charge in [-0.2, -0.15) is 0 Å². The Kier molecular flexibility index (Phi) is 4.85. The molecule has 1 aromatic heterocycles. The smallest absolute Gasteiger partial charge is 0.253 e. The SMILES string of the molecule is Cc1ccc2cc(CNc3ccc(Oc4ccccc4)cc3)c(=O)[nH]c2c1C. The average Bonchev–Trinajstić information content (AvgIpc) is 2.72. The van der Waals surface area contributed by atoms with E-state index in [4.69, 9.17) is 4.74 Å². The molecule has 0 saturated heterocycles. The van der Waals surface area contributed by atoms with Crippen molar-refractivity contribution in [2.24, 2.45) is 0 Å². The van der Waals surface area contributed by atoms with Gasteiger partial charge in [-0.25, -0.2) is 0 Å².